The number of anilines is 1. The molecule has 1 atom stereocenters. The minimum atomic E-state index is -3.67. The molecule has 1 aliphatic carbocycles. The van der Waals surface area contributed by atoms with Crippen molar-refractivity contribution >= 4 is 34.0 Å². The van der Waals surface area contributed by atoms with E-state index in [2.05, 4.69) is 10.0 Å². The molecule has 2 rings (SSSR count). The lowest BCUT2D eigenvalue weighted by Crippen LogP contribution is -2.28. The molecular formula is C14H22ClN3O4S. The minimum Gasteiger partial charge on any atom is -0.495 e. The Morgan fingerprint density at radius 1 is 1.43 bits per heavy atom. The van der Waals surface area contributed by atoms with Crippen molar-refractivity contribution in [3.63, 3.8) is 0 Å². The third kappa shape index (κ3) is 5.07. The van der Waals surface area contributed by atoms with Crippen molar-refractivity contribution in [2.24, 2.45) is 11.7 Å². The number of halogens is 1. The number of ether oxygens (including phenoxy) is 1. The zero-order chi connectivity index (χ0) is 16.3. The summed E-state index contributed by atoms with van der Waals surface area (Å²) in [6.07, 6.45) is 1.68. The van der Waals surface area contributed by atoms with Gasteiger partial charge in [0.2, 0.25) is 15.9 Å². The maximum Gasteiger partial charge on any atom is 0.244 e. The van der Waals surface area contributed by atoms with Gasteiger partial charge in [-0.1, -0.05) is 6.92 Å². The van der Waals surface area contributed by atoms with Crippen LogP contribution in [0.1, 0.15) is 19.8 Å². The Hall–Kier alpha value is -1.35. The quantitative estimate of drug-likeness (QED) is 0.671. The number of methoxy groups -OCH3 is 1. The summed E-state index contributed by atoms with van der Waals surface area (Å²) in [5.41, 5.74) is 5.84. The fraction of sp³-hybridized carbons (Fsp3) is 0.500. The predicted molar refractivity (Wildman–Crippen MR) is 90.4 cm³/mol. The van der Waals surface area contributed by atoms with Crippen molar-refractivity contribution in [3.8, 4) is 5.75 Å². The molecule has 130 valence electrons. The van der Waals surface area contributed by atoms with E-state index in [1.807, 2.05) is 0 Å². The van der Waals surface area contributed by atoms with Crippen LogP contribution in [0.5, 0.6) is 5.75 Å². The molecule has 0 aliphatic heterocycles. The van der Waals surface area contributed by atoms with Crippen LogP contribution in [0, 0.1) is 5.92 Å². The topological polar surface area (TPSA) is 111 Å². The molecule has 9 heteroatoms. The summed E-state index contributed by atoms with van der Waals surface area (Å²) in [6, 6.07) is 4.50. The molecule has 1 aromatic carbocycles. The molecule has 1 amide bonds. The Labute approximate surface area is 142 Å². The highest BCUT2D eigenvalue weighted by Gasteiger charge is 2.30. The van der Waals surface area contributed by atoms with Crippen molar-refractivity contribution in [1.82, 2.24) is 4.72 Å². The highest BCUT2D eigenvalue weighted by molar-refractivity contribution is 7.89. The summed E-state index contributed by atoms with van der Waals surface area (Å²) in [5, 5.41) is 2.66. The Bertz CT molecular complexity index is 662. The van der Waals surface area contributed by atoms with E-state index in [1.165, 1.54) is 19.2 Å². The summed E-state index contributed by atoms with van der Waals surface area (Å²) < 4.78 is 32.4. The first kappa shape index (κ1) is 19.7. The molecule has 0 bridgehead atoms. The third-order valence-corrected chi connectivity index (χ3v) is 4.96. The second kappa shape index (κ2) is 7.96. The molecular weight excluding hydrogens is 342 g/mol. The summed E-state index contributed by atoms with van der Waals surface area (Å²) in [4.78, 5) is 11.9. The normalized spacial score (nSPS) is 15.4. The van der Waals surface area contributed by atoms with Crippen LogP contribution in [0.25, 0.3) is 0 Å². The van der Waals surface area contributed by atoms with Gasteiger partial charge in [0, 0.05) is 24.2 Å². The molecule has 0 heterocycles. The molecule has 4 N–H and O–H groups in total. The van der Waals surface area contributed by atoms with Crippen molar-refractivity contribution in [2.45, 2.75) is 30.7 Å². The number of amides is 1. The fourth-order valence-electron chi connectivity index (χ4n) is 1.82. The smallest absolute Gasteiger partial charge is 0.244 e. The Balaban J connectivity index is 0.00000264. The van der Waals surface area contributed by atoms with E-state index in [0.717, 1.165) is 12.8 Å². The van der Waals surface area contributed by atoms with Crippen LogP contribution in [-0.2, 0) is 14.8 Å². The number of benzene rings is 1. The van der Waals surface area contributed by atoms with Gasteiger partial charge in [0.25, 0.3) is 0 Å². The molecule has 1 saturated carbocycles. The molecule has 1 aliphatic rings. The average molecular weight is 364 g/mol. The highest BCUT2D eigenvalue weighted by Crippen LogP contribution is 2.29. The number of hydrogen-bond donors (Lipinski definition) is 3. The van der Waals surface area contributed by atoms with Gasteiger partial charge in [-0.25, -0.2) is 13.1 Å². The number of carbonyl (C=O) groups excluding carboxylic acids is 1. The van der Waals surface area contributed by atoms with Gasteiger partial charge >= 0.3 is 0 Å². The lowest BCUT2D eigenvalue weighted by atomic mass is 10.1. The zero-order valence-electron chi connectivity index (χ0n) is 13.0. The van der Waals surface area contributed by atoms with Gasteiger partial charge in [-0.2, -0.15) is 0 Å². The molecule has 1 aromatic rings. The van der Waals surface area contributed by atoms with Gasteiger partial charge in [0.15, 0.2) is 0 Å². The van der Waals surface area contributed by atoms with Gasteiger partial charge in [0.1, 0.15) is 10.6 Å². The molecule has 1 unspecified atom stereocenters. The van der Waals surface area contributed by atoms with Crippen LogP contribution in [0.4, 0.5) is 5.69 Å². The number of rotatable bonds is 7. The molecule has 7 nitrogen and oxygen atoms in total. The Kier molecular flexibility index (Phi) is 6.82. The van der Waals surface area contributed by atoms with Crippen molar-refractivity contribution in [1.29, 1.82) is 0 Å². The van der Waals surface area contributed by atoms with Gasteiger partial charge < -0.3 is 15.8 Å². The molecule has 0 radical (unpaired) electrons. The second-order valence-corrected chi connectivity index (χ2v) is 7.07. The fourth-order valence-corrected chi connectivity index (χ4v) is 3.32. The number of sulfonamides is 1. The molecule has 23 heavy (non-hydrogen) atoms. The van der Waals surface area contributed by atoms with Crippen LogP contribution in [0.15, 0.2) is 23.1 Å². The highest BCUT2D eigenvalue weighted by atomic mass is 35.5. The van der Waals surface area contributed by atoms with E-state index in [1.54, 1.807) is 13.0 Å². The first-order valence-corrected chi connectivity index (χ1v) is 8.57. The molecule has 1 fully saturated rings. The lowest BCUT2D eigenvalue weighted by Gasteiger charge is -2.14. The maximum atomic E-state index is 12.4. The van der Waals surface area contributed by atoms with E-state index < -0.39 is 10.0 Å². The number of carbonyl (C=O) groups is 1. The number of nitrogens with one attached hydrogen (secondary N) is 2. The average Bonchev–Trinajstić information content (AvgIpc) is 3.29. The van der Waals surface area contributed by atoms with Gasteiger partial charge in [0.05, 0.1) is 7.11 Å². The predicted octanol–water partition coefficient (Wildman–Crippen LogP) is 1.09. The van der Waals surface area contributed by atoms with E-state index in [9.17, 15) is 13.2 Å². The summed E-state index contributed by atoms with van der Waals surface area (Å²) in [5.74, 6) is -0.379. The monoisotopic (exact) mass is 363 g/mol. The van der Waals surface area contributed by atoms with Crippen molar-refractivity contribution in [3.05, 3.63) is 18.2 Å². The van der Waals surface area contributed by atoms with Crippen LogP contribution in [0.3, 0.4) is 0 Å². The maximum absolute atomic E-state index is 12.4. The van der Waals surface area contributed by atoms with Crippen molar-refractivity contribution < 1.29 is 17.9 Å². The molecule has 0 aromatic heterocycles. The van der Waals surface area contributed by atoms with E-state index in [0.29, 0.717) is 5.69 Å². The van der Waals surface area contributed by atoms with Crippen LogP contribution in [-0.4, -0.2) is 34.0 Å². The zero-order valence-corrected chi connectivity index (χ0v) is 14.7. The molecule has 0 saturated heterocycles. The van der Waals surface area contributed by atoms with Gasteiger partial charge in [-0.15, -0.1) is 12.4 Å². The Morgan fingerprint density at radius 2 is 2.09 bits per heavy atom. The van der Waals surface area contributed by atoms with E-state index >= 15 is 0 Å². The standard InChI is InChI=1S/C14H21N3O4S.ClH/c1-9(8-15)14(18)16-11-5-6-12(21-2)13(7-11)22(19,20)17-10-3-4-10;/h5-7,9-10,17H,3-4,8,15H2,1-2H3,(H,16,18);1H. The van der Waals surface area contributed by atoms with Crippen molar-refractivity contribution in [2.75, 3.05) is 19.0 Å². The number of hydrogen-bond acceptors (Lipinski definition) is 5. The SMILES string of the molecule is COc1ccc(NC(=O)C(C)CN)cc1S(=O)(=O)NC1CC1.Cl. The van der Waals surface area contributed by atoms with E-state index in [-0.39, 0.29) is 47.5 Å². The van der Waals surface area contributed by atoms with Gasteiger partial charge in [-0.3, -0.25) is 4.79 Å². The summed E-state index contributed by atoms with van der Waals surface area (Å²) in [7, 11) is -2.27. The molecule has 0 spiro atoms. The summed E-state index contributed by atoms with van der Waals surface area (Å²) >= 11 is 0. The summed E-state index contributed by atoms with van der Waals surface area (Å²) in [6.45, 7) is 1.92. The van der Waals surface area contributed by atoms with Crippen LogP contribution in [0.2, 0.25) is 0 Å². The Morgan fingerprint density at radius 3 is 2.61 bits per heavy atom. The second-order valence-electron chi connectivity index (χ2n) is 5.39. The van der Waals surface area contributed by atoms with Crippen LogP contribution < -0.4 is 20.5 Å². The first-order chi connectivity index (χ1) is 10.4. The largest absolute Gasteiger partial charge is 0.495 e. The van der Waals surface area contributed by atoms with Crippen LogP contribution >= 0.6 is 12.4 Å². The third-order valence-electron chi connectivity index (χ3n) is 3.42. The number of nitrogens with two attached hydrogens (primary N) is 1. The van der Waals surface area contributed by atoms with E-state index in [4.69, 9.17) is 10.5 Å². The first-order valence-electron chi connectivity index (χ1n) is 7.08. The minimum absolute atomic E-state index is 0. The van der Waals surface area contributed by atoms with Gasteiger partial charge in [-0.05, 0) is 31.0 Å². The lowest BCUT2D eigenvalue weighted by molar-refractivity contribution is -0.119.